The number of carbonyl (C=O) groups is 1. The Balaban J connectivity index is 1.28. The van der Waals surface area contributed by atoms with E-state index in [4.69, 9.17) is 9.47 Å². The van der Waals surface area contributed by atoms with Crippen LogP contribution in [-0.4, -0.2) is 41.3 Å². The van der Waals surface area contributed by atoms with Crippen LogP contribution in [0, 0.1) is 0 Å². The Kier molecular flexibility index (Phi) is 5.33. The lowest BCUT2D eigenvalue weighted by atomic mass is 10.0. The smallest absolute Gasteiger partial charge is 0.233 e. The molecular weight excluding hydrogens is 404 g/mol. The first kappa shape index (κ1) is 18.8. The lowest BCUT2D eigenvalue weighted by molar-refractivity contribution is -0.129. The minimum atomic E-state index is 0.107. The highest BCUT2D eigenvalue weighted by atomic mass is 32.2. The van der Waals surface area contributed by atoms with Crippen LogP contribution in [0.3, 0.4) is 0 Å². The summed E-state index contributed by atoms with van der Waals surface area (Å²) in [4.78, 5) is 19.6. The van der Waals surface area contributed by atoms with Crippen molar-refractivity contribution in [2.24, 2.45) is 0 Å². The van der Waals surface area contributed by atoms with Gasteiger partial charge in [0.2, 0.25) is 5.91 Å². The summed E-state index contributed by atoms with van der Waals surface area (Å²) in [5.74, 6) is 2.18. The Morgan fingerprint density at radius 2 is 2.00 bits per heavy atom. The molecule has 5 nitrogen and oxygen atoms in total. The number of rotatable bonds is 4. The highest BCUT2D eigenvalue weighted by Crippen LogP contribution is 2.38. The fourth-order valence-corrected chi connectivity index (χ4v) is 5.87. The number of hydrogen-bond acceptors (Lipinski definition) is 6. The van der Waals surface area contributed by atoms with E-state index in [0.29, 0.717) is 19.0 Å². The number of para-hydroxylation sites is 1. The zero-order valence-electron chi connectivity index (χ0n) is 16.0. The molecule has 3 aromatic rings. The number of hydrogen-bond donors (Lipinski definition) is 0. The first-order valence-corrected chi connectivity index (χ1v) is 11.8. The third-order valence-electron chi connectivity index (χ3n) is 5.32. The highest BCUT2D eigenvalue weighted by Gasteiger charge is 2.30. The molecule has 0 N–H and O–H groups in total. The first-order valence-electron chi connectivity index (χ1n) is 9.95. The minimum absolute atomic E-state index is 0.107. The number of thiazole rings is 1. The van der Waals surface area contributed by atoms with E-state index in [-0.39, 0.29) is 11.9 Å². The van der Waals surface area contributed by atoms with Gasteiger partial charge < -0.3 is 14.4 Å². The third kappa shape index (κ3) is 3.94. The van der Waals surface area contributed by atoms with Gasteiger partial charge in [-0.15, -0.1) is 11.3 Å². The van der Waals surface area contributed by atoms with Crippen LogP contribution in [0.15, 0.2) is 46.8 Å². The highest BCUT2D eigenvalue weighted by molar-refractivity contribution is 8.01. The molecular formula is C22H22N2O3S2. The average molecular weight is 427 g/mol. The Morgan fingerprint density at radius 1 is 1.14 bits per heavy atom. The van der Waals surface area contributed by atoms with E-state index in [1.165, 1.54) is 11.8 Å². The lowest BCUT2D eigenvalue weighted by Gasteiger charge is -2.25. The number of aromatic nitrogens is 1. The summed E-state index contributed by atoms with van der Waals surface area (Å²) >= 11 is 3.18. The number of ether oxygens (including phenoxy) is 2. The van der Waals surface area contributed by atoms with Crippen LogP contribution in [-0.2, 0) is 4.79 Å². The molecule has 1 atom stereocenters. The fraction of sp³-hybridized carbons (Fsp3) is 0.364. The number of amides is 1. The number of carbonyl (C=O) groups excluding carboxylic acids is 1. The summed E-state index contributed by atoms with van der Waals surface area (Å²) < 4.78 is 13.7. The van der Waals surface area contributed by atoms with Crippen LogP contribution in [0.5, 0.6) is 11.5 Å². The second-order valence-corrected chi connectivity index (χ2v) is 9.49. The van der Waals surface area contributed by atoms with Gasteiger partial charge in [-0.25, -0.2) is 4.98 Å². The van der Waals surface area contributed by atoms with Gasteiger partial charge in [0.05, 0.1) is 35.2 Å². The maximum absolute atomic E-state index is 13.0. The number of fused-ring (bicyclic) bond motifs is 2. The van der Waals surface area contributed by atoms with E-state index in [1.54, 1.807) is 11.3 Å². The van der Waals surface area contributed by atoms with Gasteiger partial charge in [0, 0.05) is 13.0 Å². The van der Waals surface area contributed by atoms with E-state index in [9.17, 15) is 4.79 Å². The zero-order valence-corrected chi connectivity index (χ0v) is 17.6. The quantitative estimate of drug-likeness (QED) is 0.555. The van der Waals surface area contributed by atoms with Crippen LogP contribution >= 0.6 is 23.1 Å². The summed E-state index contributed by atoms with van der Waals surface area (Å²) in [5, 5.41) is 0. The molecule has 2 aliphatic rings. The van der Waals surface area contributed by atoms with Crippen LogP contribution in [0.1, 0.15) is 30.9 Å². The number of likely N-dealkylation sites (tertiary alicyclic amines) is 1. The van der Waals surface area contributed by atoms with E-state index in [0.717, 1.165) is 57.4 Å². The molecule has 29 heavy (non-hydrogen) atoms. The van der Waals surface area contributed by atoms with Crippen molar-refractivity contribution in [3.05, 3.63) is 48.0 Å². The molecule has 0 aliphatic carbocycles. The zero-order chi connectivity index (χ0) is 19.6. The standard InChI is InChI=1S/C22H22N2O3S2/c25-21(14-28-22-23-16-5-1-2-7-20(16)29-22)24-10-3-6-17(24)15-8-9-18-19(13-15)27-12-4-11-26-18/h1-2,5,7-9,13,17H,3-4,6,10-12,14H2/t17-/m1/s1. The monoisotopic (exact) mass is 426 g/mol. The molecule has 1 amide bonds. The van der Waals surface area contributed by atoms with Crippen molar-refractivity contribution in [3.63, 3.8) is 0 Å². The maximum Gasteiger partial charge on any atom is 0.233 e. The number of nitrogens with zero attached hydrogens (tertiary/aromatic N) is 2. The van der Waals surface area contributed by atoms with E-state index < -0.39 is 0 Å². The molecule has 5 rings (SSSR count). The van der Waals surface area contributed by atoms with Gasteiger partial charge in [-0.1, -0.05) is 30.0 Å². The summed E-state index contributed by atoms with van der Waals surface area (Å²) in [7, 11) is 0. The van der Waals surface area contributed by atoms with Gasteiger partial charge in [0.25, 0.3) is 0 Å². The molecule has 3 heterocycles. The van der Waals surface area contributed by atoms with Crippen molar-refractivity contribution in [2.75, 3.05) is 25.5 Å². The third-order valence-corrected chi connectivity index (χ3v) is 7.49. The normalized spacial score (nSPS) is 18.8. The molecule has 2 aromatic carbocycles. The SMILES string of the molecule is O=C(CSc1nc2ccccc2s1)N1CCC[C@@H]1c1ccc2c(c1)OCCCO2. The van der Waals surface area contributed by atoms with Crippen molar-refractivity contribution < 1.29 is 14.3 Å². The van der Waals surface area contributed by atoms with E-state index >= 15 is 0 Å². The molecule has 1 aromatic heterocycles. The van der Waals surface area contributed by atoms with Crippen LogP contribution in [0.25, 0.3) is 10.2 Å². The number of benzene rings is 2. The topological polar surface area (TPSA) is 51.7 Å². The van der Waals surface area contributed by atoms with Gasteiger partial charge in [-0.05, 0) is 42.7 Å². The van der Waals surface area contributed by atoms with Crippen molar-refractivity contribution in [1.82, 2.24) is 9.88 Å². The second-order valence-electron chi connectivity index (χ2n) is 7.24. The predicted molar refractivity (Wildman–Crippen MR) is 116 cm³/mol. The Hall–Kier alpha value is -2.25. The summed E-state index contributed by atoms with van der Waals surface area (Å²) in [6.45, 7) is 2.16. The van der Waals surface area contributed by atoms with E-state index in [2.05, 4.69) is 23.2 Å². The molecule has 150 valence electrons. The molecule has 0 radical (unpaired) electrons. The Bertz CT molecular complexity index is 1000. The van der Waals surface area contributed by atoms with Crippen LogP contribution < -0.4 is 9.47 Å². The molecule has 1 saturated heterocycles. The number of thioether (sulfide) groups is 1. The summed E-state index contributed by atoms with van der Waals surface area (Å²) in [6.07, 6.45) is 2.90. The molecule has 1 fully saturated rings. The Labute approximate surface area is 178 Å². The lowest BCUT2D eigenvalue weighted by Crippen LogP contribution is -2.31. The van der Waals surface area contributed by atoms with Gasteiger partial charge in [-0.3, -0.25) is 4.79 Å². The molecule has 0 saturated carbocycles. The molecule has 0 spiro atoms. The van der Waals surface area contributed by atoms with Gasteiger partial charge in [0.1, 0.15) is 0 Å². The Morgan fingerprint density at radius 3 is 2.90 bits per heavy atom. The first-order chi connectivity index (χ1) is 14.3. The van der Waals surface area contributed by atoms with Crippen LogP contribution in [0.2, 0.25) is 0 Å². The van der Waals surface area contributed by atoms with Crippen molar-refractivity contribution in [2.45, 2.75) is 29.6 Å². The molecule has 0 bridgehead atoms. The van der Waals surface area contributed by atoms with Crippen LogP contribution in [0.4, 0.5) is 0 Å². The summed E-state index contributed by atoms with van der Waals surface area (Å²) in [6, 6.07) is 14.3. The van der Waals surface area contributed by atoms with E-state index in [1.807, 2.05) is 29.2 Å². The second kappa shape index (κ2) is 8.24. The predicted octanol–water partition coefficient (Wildman–Crippen LogP) is 4.91. The largest absolute Gasteiger partial charge is 0.490 e. The molecule has 7 heteroatoms. The molecule has 2 aliphatic heterocycles. The maximum atomic E-state index is 13.0. The minimum Gasteiger partial charge on any atom is -0.490 e. The molecule has 0 unspecified atom stereocenters. The average Bonchev–Trinajstić information content (AvgIpc) is 3.33. The van der Waals surface area contributed by atoms with Gasteiger partial charge >= 0.3 is 0 Å². The van der Waals surface area contributed by atoms with Gasteiger partial charge in [0.15, 0.2) is 15.8 Å². The van der Waals surface area contributed by atoms with Gasteiger partial charge in [-0.2, -0.15) is 0 Å². The van der Waals surface area contributed by atoms with Crippen molar-refractivity contribution in [3.8, 4) is 11.5 Å². The summed E-state index contributed by atoms with van der Waals surface area (Å²) in [5.41, 5.74) is 2.13. The van der Waals surface area contributed by atoms with Crippen molar-refractivity contribution in [1.29, 1.82) is 0 Å². The van der Waals surface area contributed by atoms with Crippen molar-refractivity contribution >= 4 is 39.2 Å². The fourth-order valence-electron chi connectivity index (χ4n) is 3.92.